The van der Waals surface area contributed by atoms with E-state index in [-0.39, 0.29) is 16.9 Å². The molecule has 0 aliphatic heterocycles. The Morgan fingerprint density at radius 2 is 1.78 bits per heavy atom. The number of nitrogens with one attached hydrogen (secondary N) is 1. The summed E-state index contributed by atoms with van der Waals surface area (Å²) in [7, 11) is -1.19. The average Bonchev–Trinajstić information content (AvgIpc) is 2.42. The van der Waals surface area contributed by atoms with E-state index in [1.54, 1.807) is 27.2 Å². The van der Waals surface area contributed by atoms with E-state index in [9.17, 15) is 14.2 Å². The second-order valence-corrected chi connectivity index (χ2v) is 11.6. The van der Waals surface area contributed by atoms with Crippen LogP contribution in [-0.2, 0) is 14.0 Å². The van der Waals surface area contributed by atoms with E-state index in [1.165, 1.54) is 19.4 Å². The summed E-state index contributed by atoms with van der Waals surface area (Å²) in [5.74, 6) is 0.252. The Bertz CT molecular complexity index is 749. The van der Waals surface area contributed by atoms with Crippen molar-refractivity contribution in [3.8, 4) is 5.75 Å². The predicted octanol–water partition coefficient (Wildman–Crippen LogP) is 4.24. The number of nitrogens with zero attached hydrogens (tertiary/aromatic N) is 1. The summed E-state index contributed by atoms with van der Waals surface area (Å²) in [5, 5.41) is 2.37. The molecule has 1 N–H and O–H groups in total. The molecule has 0 aromatic carbocycles. The van der Waals surface area contributed by atoms with Crippen molar-refractivity contribution in [2.24, 2.45) is 5.41 Å². The number of carbonyl (C=O) groups excluding carboxylic acids is 2. The molecule has 0 radical (unpaired) electrons. The van der Waals surface area contributed by atoms with Gasteiger partial charge in [0.25, 0.3) is 0 Å². The molecule has 27 heavy (non-hydrogen) atoms. The van der Waals surface area contributed by atoms with Crippen molar-refractivity contribution < 1.29 is 28.4 Å². The van der Waals surface area contributed by atoms with Crippen LogP contribution in [0.15, 0.2) is 12.3 Å². The highest BCUT2D eigenvalue weighted by atomic mass is 31.2. The van der Waals surface area contributed by atoms with Crippen LogP contribution in [-0.4, -0.2) is 43.3 Å². The molecule has 0 unspecified atom stereocenters. The van der Waals surface area contributed by atoms with Crippen molar-refractivity contribution in [3.63, 3.8) is 0 Å². The third-order valence-electron chi connectivity index (χ3n) is 3.35. The summed E-state index contributed by atoms with van der Waals surface area (Å²) >= 11 is 0. The lowest BCUT2D eigenvalue weighted by molar-refractivity contribution is -0.0200. The molecule has 0 fully saturated rings. The monoisotopic (exact) mass is 400 g/mol. The maximum Gasteiger partial charge on any atom is 0.517 e. The van der Waals surface area contributed by atoms with Gasteiger partial charge >= 0.3 is 12.2 Å². The molecule has 1 amide bonds. The minimum atomic E-state index is -2.59. The highest BCUT2D eigenvalue weighted by Gasteiger charge is 2.30. The van der Waals surface area contributed by atoms with Gasteiger partial charge in [-0.1, -0.05) is 20.8 Å². The Morgan fingerprint density at radius 1 is 1.19 bits per heavy atom. The van der Waals surface area contributed by atoms with Gasteiger partial charge in [-0.15, -0.1) is 0 Å². The lowest BCUT2D eigenvalue weighted by atomic mass is 9.84. The molecule has 1 heterocycles. The van der Waals surface area contributed by atoms with Crippen molar-refractivity contribution in [3.05, 3.63) is 12.3 Å². The molecular weight excluding hydrogens is 371 g/mol. The SMILES string of the molecule is COc1cc(P(C)(C)=O)ncc1NC(=O)OC(=O)OC(C)(C)CC(C)(C)C. The van der Waals surface area contributed by atoms with Crippen LogP contribution in [0.1, 0.15) is 41.0 Å². The van der Waals surface area contributed by atoms with Crippen LogP contribution in [0.4, 0.5) is 15.3 Å². The van der Waals surface area contributed by atoms with E-state index in [0.717, 1.165) is 0 Å². The Balaban J connectivity index is 2.77. The molecule has 8 nitrogen and oxygen atoms in total. The first-order valence-corrected chi connectivity index (χ1v) is 11.0. The molecule has 0 saturated carbocycles. The summed E-state index contributed by atoms with van der Waals surface area (Å²) in [4.78, 5) is 27.9. The van der Waals surface area contributed by atoms with E-state index in [0.29, 0.717) is 11.9 Å². The van der Waals surface area contributed by atoms with Gasteiger partial charge < -0.3 is 18.8 Å². The van der Waals surface area contributed by atoms with Gasteiger partial charge in [-0.3, -0.25) is 10.3 Å². The molecule has 0 spiro atoms. The van der Waals surface area contributed by atoms with Crippen LogP contribution in [0.3, 0.4) is 0 Å². The summed E-state index contributed by atoms with van der Waals surface area (Å²) in [6.07, 6.45) is -0.249. The fourth-order valence-electron chi connectivity index (χ4n) is 2.75. The van der Waals surface area contributed by atoms with Crippen LogP contribution < -0.4 is 15.5 Å². The Kier molecular flexibility index (Phi) is 7.05. The normalized spacial score (nSPS) is 12.3. The zero-order valence-corrected chi connectivity index (χ0v) is 18.1. The number of hydrogen-bond acceptors (Lipinski definition) is 7. The number of rotatable bonds is 5. The largest absolute Gasteiger partial charge is 0.517 e. The number of carbonyl (C=O) groups is 2. The fraction of sp³-hybridized carbons (Fsp3) is 0.611. The van der Waals surface area contributed by atoms with Crippen LogP contribution in [0.5, 0.6) is 5.75 Å². The average molecular weight is 400 g/mol. The maximum absolute atomic E-state index is 12.1. The molecule has 1 rings (SSSR count). The first kappa shape index (κ1) is 23.0. The molecule has 1 aromatic rings. The minimum Gasteiger partial charge on any atom is -0.494 e. The molecule has 9 heteroatoms. The third kappa shape index (κ3) is 7.99. The minimum absolute atomic E-state index is 0.0647. The highest BCUT2D eigenvalue weighted by Crippen LogP contribution is 2.36. The van der Waals surface area contributed by atoms with Crippen molar-refractivity contribution in [1.29, 1.82) is 0 Å². The van der Waals surface area contributed by atoms with Crippen LogP contribution >= 0.6 is 7.14 Å². The topological polar surface area (TPSA) is 104 Å². The van der Waals surface area contributed by atoms with Gasteiger partial charge in [-0.05, 0) is 39.0 Å². The lowest BCUT2D eigenvalue weighted by Gasteiger charge is -2.31. The predicted molar refractivity (Wildman–Crippen MR) is 105 cm³/mol. The standard InChI is InChI=1S/C18H29N2O6P/c1-17(2,3)11-18(4,5)26-16(22)25-15(21)20-12-10-19-14(27(7,8)23)9-13(12)24-6/h9-10H,11H2,1-8H3,(H,20,21). The maximum atomic E-state index is 12.1. The van der Waals surface area contributed by atoms with Crippen LogP contribution in [0.2, 0.25) is 0 Å². The van der Waals surface area contributed by atoms with Crippen molar-refractivity contribution >= 4 is 30.5 Å². The summed E-state index contributed by atoms with van der Waals surface area (Å²) in [6.45, 7) is 12.7. The number of hydrogen-bond donors (Lipinski definition) is 1. The highest BCUT2D eigenvalue weighted by molar-refractivity contribution is 7.69. The van der Waals surface area contributed by atoms with E-state index >= 15 is 0 Å². The second kappa shape index (κ2) is 8.30. The molecular formula is C18H29N2O6P. The molecule has 0 aliphatic rings. The number of amides is 1. The van der Waals surface area contributed by atoms with Crippen LogP contribution in [0, 0.1) is 5.41 Å². The fourth-order valence-corrected chi connectivity index (χ4v) is 3.52. The van der Waals surface area contributed by atoms with Gasteiger partial charge in [0.15, 0.2) is 0 Å². The van der Waals surface area contributed by atoms with Crippen molar-refractivity contribution in [2.75, 3.05) is 25.8 Å². The number of ether oxygens (including phenoxy) is 3. The molecule has 152 valence electrons. The van der Waals surface area contributed by atoms with E-state index < -0.39 is 25.0 Å². The van der Waals surface area contributed by atoms with Gasteiger partial charge in [-0.25, -0.2) is 9.59 Å². The van der Waals surface area contributed by atoms with E-state index in [4.69, 9.17) is 9.47 Å². The molecule has 0 aliphatic carbocycles. The van der Waals surface area contributed by atoms with Crippen molar-refractivity contribution in [1.82, 2.24) is 4.98 Å². The van der Waals surface area contributed by atoms with Crippen molar-refractivity contribution in [2.45, 2.75) is 46.6 Å². The first-order valence-electron chi connectivity index (χ1n) is 8.44. The Hall–Kier alpha value is -2.08. The summed E-state index contributed by atoms with van der Waals surface area (Å²) in [6, 6.07) is 1.47. The molecule has 1 aromatic heterocycles. The number of aromatic nitrogens is 1. The van der Waals surface area contributed by atoms with Gasteiger partial charge in [0, 0.05) is 6.07 Å². The van der Waals surface area contributed by atoms with E-state index in [1.807, 2.05) is 20.8 Å². The first-order chi connectivity index (χ1) is 12.1. The second-order valence-electron chi connectivity index (χ2n) is 8.46. The number of pyridine rings is 1. The molecule has 0 bridgehead atoms. The van der Waals surface area contributed by atoms with Gasteiger partial charge in [0.2, 0.25) is 0 Å². The van der Waals surface area contributed by atoms with Gasteiger partial charge in [-0.2, -0.15) is 0 Å². The molecule has 0 saturated heterocycles. The Labute approximate surface area is 160 Å². The zero-order chi connectivity index (χ0) is 21.0. The van der Waals surface area contributed by atoms with Gasteiger partial charge in [0.05, 0.1) is 13.3 Å². The summed E-state index contributed by atoms with van der Waals surface area (Å²) < 4.78 is 27.2. The zero-order valence-electron chi connectivity index (χ0n) is 17.2. The number of anilines is 1. The van der Waals surface area contributed by atoms with E-state index in [2.05, 4.69) is 15.0 Å². The quantitative estimate of drug-likeness (QED) is 0.448. The smallest absolute Gasteiger partial charge is 0.494 e. The van der Waals surface area contributed by atoms with Gasteiger partial charge in [0.1, 0.15) is 29.6 Å². The third-order valence-corrected chi connectivity index (χ3v) is 4.70. The lowest BCUT2D eigenvalue weighted by Crippen LogP contribution is -2.34. The summed E-state index contributed by atoms with van der Waals surface area (Å²) in [5.41, 5.74) is -0.312. The van der Waals surface area contributed by atoms with Crippen LogP contribution in [0.25, 0.3) is 0 Å². The Morgan fingerprint density at radius 3 is 2.26 bits per heavy atom. The molecule has 0 atom stereocenters. The number of methoxy groups -OCH3 is 1.